The maximum absolute atomic E-state index is 13.0. The largest absolute Gasteiger partial charge is 0.394 e. The number of allylic oxidation sites excluding steroid dienone is 4. The first kappa shape index (κ1) is 68.7. The van der Waals surface area contributed by atoms with Crippen LogP contribution in [0, 0.1) is 0 Å². The Hall–Kier alpha value is -1.33. The van der Waals surface area contributed by atoms with E-state index in [9.17, 15) is 30.3 Å². The van der Waals surface area contributed by atoms with E-state index in [2.05, 4.69) is 43.5 Å². The van der Waals surface area contributed by atoms with Gasteiger partial charge in [-0.05, 0) is 44.9 Å². The van der Waals surface area contributed by atoms with E-state index < -0.39 is 49.5 Å². The molecule has 6 N–H and O–H groups in total. The van der Waals surface area contributed by atoms with Gasteiger partial charge in [-0.2, -0.15) is 0 Å². The summed E-state index contributed by atoms with van der Waals surface area (Å²) in [4.78, 5) is 13.0. The summed E-state index contributed by atoms with van der Waals surface area (Å²) < 4.78 is 11.3. The van der Waals surface area contributed by atoms with Gasteiger partial charge in [0.2, 0.25) is 5.91 Å². The van der Waals surface area contributed by atoms with Crippen LogP contribution in [0.3, 0.4) is 0 Å². The van der Waals surface area contributed by atoms with E-state index in [-0.39, 0.29) is 12.5 Å². The van der Waals surface area contributed by atoms with E-state index in [1.54, 1.807) is 0 Å². The lowest BCUT2D eigenvalue weighted by molar-refractivity contribution is -0.302. The summed E-state index contributed by atoms with van der Waals surface area (Å²) in [6.45, 7) is 3.83. The molecule has 1 amide bonds. The van der Waals surface area contributed by atoms with Gasteiger partial charge in [0.25, 0.3) is 0 Å². The van der Waals surface area contributed by atoms with E-state index in [0.29, 0.717) is 12.8 Å². The molecule has 0 aromatic carbocycles. The molecule has 9 heteroatoms. The van der Waals surface area contributed by atoms with Gasteiger partial charge in [-0.1, -0.05) is 289 Å². The predicted molar refractivity (Wildman–Crippen MR) is 304 cm³/mol. The lowest BCUT2D eigenvalue weighted by atomic mass is 9.99. The Kier molecular flexibility index (Phi) is 50.6. The van der Waals surface area contributed by atoms with Crippen LogP contribution in [-0.4, -0.2) is 87.5 Å². The van der Waals surface area contributed by atoms with E-state index >= 15 is 0 Å². The van der Waals surface area contributed by atoms with Gasteiger partial charge >= 0.3 is 0 Å². The second-order valence-electron chi connectivity index (χ2n) is 22.2. The molecule has 1 fully saturated rings. The van der Waals surface area contributed by atoms with Crippen molar-refractivity contribution < 1.29 is 39.8 Å². The van der Waals surface area contributed by atoms with Crippen molar-refractivity contribution in [2.75, 3.05) is 13.2 Å². The number of nitrogens with one attached hydrogen (secondary N) is 1. The van der Waals surface area contributed by atoms with E-state index in [4.69, 9.17) is 9.47 Å². The molecule has 0 saturated carbocycles. The van der Waals surface area contributed by atoms with Crippen molar-refractivity contribution in [1.29, 1.82) is 0 Å². The van der Waals surface area contributed by atoms with Crippen molar-refractivity contribution in [3.8, 4) is 0 Å². The van der Waals surface area contributed by atoms with Crippen molar-refractivity contribution in [3.63, 3.8) is 0 Å². The summed E-state index contributed by atoms with van der Waals surface area (Å²) >= 11 is 0. The minimum atomic E-state index is -1.55. The molecule has 1 saturated heterocycles. The van der Waals surface area contributed by atoms with Crippen LogP contribution in [-0.2, 0) is 14.3 Å². The van der Waals surface area contributed by atoms with Crippen LogP contribution in [0.1, 0.15) is 316 Å². The Morgan fingerprint density at radius 3 is 1.19 bits per heavy atom. The van der Waals surface area contributed by atoms with Crippen LogP contribution in [0.5, 0.6) is 0 Å². The van der Waals surface area contributed by atoms with Gasteiger partial charge in [0.05, 0.1) is 25.4 Å². The van der Waals surface area contributed by atoms with Crippen LogP contribution in [0.15, 0.2) is 24.3 Å². The molecule has 1 heterocycles. The van der Waals surface area contributed by atoms with Gasteiger partial charge in [0.1, 0.15) is 24.4 Å². The summed E-state index contributed by atoms with van der Waals surface area (Å²) in [6, 6.07) is -0.714. The van der Waals surface area contributed by atoms with E-state index in [0.717, 1.165) is 44.9 Å². The number of rotatable bonds is 55. The highest BCUT2D eigenvalue weighted by molar-refractivity contribution is 5.76. The van der Waals surface area contributed by atoms with Gasteiger partial charge in [-0.3, -0.25) is 4.79 Å². The van der Waals surface area contributed by atoms with Gasteiger partial charge < -0.3 is 40.3 Å². The molecule has 1 aliphatic heterocycles. The number of hydrogen-bond acceptors (Lipinski definition) is 8. The number of ether oxygens (including phenoxy) is 2. The quantitative estimate of drug-likeness (QED) is 0.0261. The third kappa shape index (κ3) is 41.9. The zero-order valence-corrected chi connectivity index (χ0v) is 47.5. The first-order chi connectivity index (χ1) is 35.3. The third-order valence-corrected chi connectivity index (χ3v) is 15.3. The molecule has 426 valence electrons. The Morgan fingerprint density at radius 1 is 0.472 bits per heavy atom. The molecule has 7 atom stereocenters. The molecule has 1 aliphatic rings. The molecule has 0 aromatic heterocycles. The summed E-state index contributed by atoms with van der Waals surface area (Å²) in [5, 5.41) is 54.5. The second kappa shape index (κ2) is 53.1. The molecule has 0 aliphatic carbocycles. The number of unbranched alkanes of at least 4 members (excludes halogenated alkanes) is 41. The summed E-state index contributed by atoms with van der Waals surface area (Å²) in [6.07, 6.45) is 61.2. The molecule has 0 radical (unpaired) electrons. The molecule has 0 aromatic rings. The zero-order chi connectivity index (χ0) is 52.2. The topological polar surface area (TPSA) is 149 Å². The summed E-state index contributed by atoms with van der Waals surface area (Å²) in [5.74, 6) is -0.140. The van der Waals surface area contributed by atoms with E-state index in [1.165, 1.54) is 244 Å². The maximum Gasteiger partial charge on any atom is 0.220 e. The van der Waals surface area contributed by atoms with Crippen LogP contribution in [0.2, 0.25) is 0 Å². The molecule has 0 spiro atoms. The number of carbonyl (C=O) groups excluding carboxylic acids is 1. The lowest BCUT2D eigenvalue weighted by Crippen LogP contribution is -2.60. The highest BCUT2D eigenvalue weighted by Crippen LogP contribution is 2.23. The molecule has 1 rings (SSSR count). The smallest absolute Gasteiger partial charge is 0.220 e. The third-order valence-electron chi connectivity index (χ3n) is 15.3. The highest BCUT2D eigenvalue weighted by Gasteiger charge is 2.44. The highest BCUT2D eigenvalue weighted by atomic mass is 16.7. The van der Waals surface area contributed by atoms with Gasteiger partial charge in [0, 0.05) is 6.42 Å². The van der Waals surface area contributed by atoms with Crippen LogP contribution >= 0.6 is 0 Å². The maximum atomic E-state index is 13.0. The van der Waals surface area contributed by atoms with E-state index in [1.807, 2.05) is 0 Å². The van der Waals surface area contributed by atoms with Crippen molar-refractivity contribution in [2.45, 2.75) is 358 Å². The van der Waals surface area contributed by atoms with Crippen molar-refractivity contribution in [2.24, 2.45) is 0 Å². The average molecular weight is 1020 g/mol. The minimum Gasteiger partial charge on any atom is -0.394 e. The standard InChI is InChI=1S/C63H121NO8/c1-3-5-7-9-11-13-15-16-17-18-19-20-21-22-23-24-25-26-27-28-29-30-31-32-33-34-35-36-37-38-39-40-41-42-43-45-47-49-51-53-59(67)64-56(55-71-63-62(70)61(69)60(68)58(54-65)72-63)57(66)52-50-48-46-44-14-12-10-8-6-4-2/h15-16,18-19,56-58,60-63,65-66,68-70H,3-14,17,20-55H2,1-2H3,(H,64,67)/b16-15-,19-18-. The van der Waals surface area contributed by atoms with Gasteiger partial charge in [0.15, 0.2) is 6.29 Å². The Labute approximate surface area is 445 Å². The Morgan fingerprint density at radius 2 is 0.819 bits per heavy atom. The second-order valence-corrected chi connectivity index (χ2v) is 22.2. The molecular formula is C63H121NO8. The Balaban J connectivity index is 1.98. The molecule has 7 unspecified atom stereocenters. The fraction of sp³-hybridized carbons (Fsp3) is 0.921. The average Bonchev–Trinajstić information content (AvgIpc) is 3.38. The van der Waals surface area contributed by atoms with Gasteiger partial charge in [-0.25, -0.2) is 0 Å². The fourth-order valence-electron chi connectivity index (χ4n) is 10.3. The number of carbonyl (C=O) groups is 1. The minimum absolute atomic E-state index is 0.133. The number of hydrogen-bond donors (Lipinski definition) is 6. The van der Waals surface area contributed by atoms with Crippen LogP contribution in [0.4, 0.5) is 0 Å². The molecule has 0 bridgehead atoms. The van der Waals surface area contributed by atoms with Gasteiger partial charge in [-0.15, -0.1) is 0 Å². The predicted octanol–water partition coefficient (Wildman–Crippen LogP) is 16.1. The fourth-order valence-corrected chi connectivity index (χ4v) is 10.3. The lowest BCUT2D eigenvalue weighted by Gasteiger charge is -2.40. The van der Waals surface area contributed by atoms with Crippen LogP contribution < -0.4 is 5.32 Å². The zero-order valence-electron chi connectivity index (χ0n) is 47.5. The van der Waals surface area contributed by atoms with Crippen LogP contribution in [0.25, 0.3) is 0 Å². The SMILES string of the molecule is CCCCCCC/C=C\C/C=C\CCCCCCCCCCCCCCCCCCCCCCCCCCCCCC(=O)NC(COC1OC(CO)C(O)C(O)C1O)C(O)CCCCCCCCCCCC. The first-order valence-corrected chi connectivity index (χ1v) is 31.5. The van der Waals surface area contributed by atoms with Crippen molar-refractivity contribution >= 4 is 5.91 Å². The summed E-state index contributed by atoms with van der Waals surface area (Å²) in [5.41, 5.74) is 0. The Bertz CT molecular complexity index is 1180. The molecular weight excluding hydrogens is 899 g/mol. The van der Waals surface area contributed by atoms with Crippen molar-refractivity contribution in [1.82, 2.24) is 5.32 Å². The summed E-state index contributed by atoms with van der Waals surface area (Å²) in [7, 11) is 0. The molecule has 72 heavy (non-hydrogen) atoms. The number of amides is 1. The first-order valence-electron chi connectivity index (χ1n) is 31.5. The number of aliphatic hydroxyl groups excluding tert-OH is 5. The molecule has 9 nitrogen and oxygen atoms in total. The normalized spacial score (nSPS) is 19.2. The monoisotopic (exact) mass is 1020 g/mol. The number of aliphatic hydroxyl groups is 5. The van der Waals surface area contributed by atoms with Crippen molar-refractivity contribution in [3.05, 3.63) is 24.3 Å².